The van der Waals surface area contributed by atoms with Crippen LogP contribution >= 0.6 is 0 Å². The van der Waals surface area contributed by atoms with E-state index in [-0.39, 0.29) is 18.1 Å². The van der Waals surface area contributed by atoms with Crippen molar-refractivity contribution in [2.75, 3.05) is 6.61 Å². The first-order valence-electron chi connectivity index (χ1n) is 7.28. The largest absolute Gasteiger partial charge is 0.371 e. The van der Waals surface area contributed by atoms with Gasteiger partial charge < -0.3 is 10.1 Å². The number of hydrogen-bond donors (Lipinski definition) is 1. The molecule has 5 heteroatoms. The zero-order valence-corrected chi connectivity index (χ0v) is 11.8. The predicted molar refractivity (Wildman–Crippen MR) is 74.9 cm³/mol. The topological polar surface area (TPSA) is 56.1 Å². The van der Waals surface area contributed by atoms with Gasteiger partial charge in [0.05, 0.1) is 12.2 Å². The van der Waals surface area contributed by atoms with Gasteiger partial charge in [-0.25, -0.2) is 0 Å². The number of nitrogens with one attached hydrogen (secondary N) is 1. The molecule has 3 rings (SSSR count). The maximum absolute atomic E-state index is 12.1. The first-order valence-corrected chi connectivity index (χ1v) is 7.28. The lowest BCUT2D eigenvalue weighted by Crippen LogP contribution is -2.37. The average molecular weight is 275 g/mol. The molecule has 3 atom stereocenters. The molecule has 1 N–H and O–H groups in total. The average Bonchev–Trinajstić information content (AvgIpc) is 3.11. The molecule has 0 aromatic carbocycles. The number of nitrogens with zero attached hydrogens (tertiary/aromatic N) is 2. The summed E-state index contributed by atoms with van der Waals surface area (Å²) in [5, 5.41) is 7.30. The van der Waals surface area contributed by atoms with E-state index in [0.717, 1.165) is 24.8 Å². The van der Waals surface area contributed by atoms with E-state index >= 15 is 0 Å². The van der Waals surface area contributed by atoms with Crippen molar-refractivity contribution >= 4 is 5.91 Å². The monoisotopic (exact) mass is 275 g/mol. The summed E-state index contributed by atoms with van der Waals surface area (Å²) in [5.74, 6) is 0.542. The van der Waals surface area contributed by atoms with Crippen LogP contribution < -0.4 is 5.32 Å². The van der Waals surface area contributed by atoms with Crippen molar-refractivity contribution in [3.05, 3.63) is 30.1 Å². The van der Waals surface area contributed by atoms with Crippen LogP contribution in [0.25, 0.3) is 0 Å². The number of carbonyl (C=O) groups excluding carboxylic acids is 1. The molecule has 108 valence electrons. The fourth-order valence-electron chi connectivity index (χ4n) is 3.02. The molecule has 0 radical (unpaired) electrons. The van der Waals surface area contributed by atoms with Gasteiger partial charge in [-0.2, -0.15) is 5.10 Å². The number of aromatic nitrogens is 2. The number of allylic oxidation sites excluding steroid dienone is 2. The quantitative estimate of drug-likeness (QED) is 0.851. The molecule has 1 aromatic rings. The zero-order chi connectivity index (χ0) is 13.9. The molecule has 5 nitrogen and oxygen atoms in total. The highest BCUT2D eigenvalue weighted by Crippen LogP contribution is 2.29. The van der Waals surface area contributed by atoms with E-state index in [2.05, 4.69) is 22.6 Å². The molecule has 1 aromatic heterocycles. The third-order valence-electron chi connectivity index (χ3n) is 4.05. The van der Waals surface area contributed by atoms with Crippen LogP contribution in [0.15, 0.2) is 24.5 Å². The summed E-state index contributed by atoms with van der Waals surface area (Å²) < 4.78 is 7.52. The Morgan fingerprint density at radius 3 is 3.15 bits per heavy atom. The molecule has 0 spiro atoms. The molecule has 0 bridgehead atoms. The highest BCUT2D eigenvalue weighted by atomic mass is 16.5. The van der Waals surface area contributed by atoms with E-state index < -0.39 is 0 Å². The first-order chi connectivity index (χ1) is 9.72. The Morgan fingerprint density at radius 1 is 1.55 bits per heavy atom. The van der Waals surface area contributed by atoms with Crippen molar-refractivity contribution in [1.29, 1.82) is 0 Å². The van der Waals surface area contributed by atoms with Crippen LogP contribution in [0.5, 0.6) is 0 Å². The summed E-state index contributed by atoms with van der Waals surface area (Å²) in [7, 11) is 1.89. The van der Waals surface area contributed by atoms with Crippen LogP contribution in [0.2, 0.25) is 0 Å². The molecular formula is C15H21N3O2. The van der Waals surface area contributed by atoms with Gasteiger partial charge in [0, 0.05) is 31.8 Å². The Bertz CT molecular complexity index is 509. The molecule has 1 aliphatic heterocycles. The second-order valence-electron chi connectivity index (χ2n) is 5.67. The van der Waals surface area contributed by atoms with Crippen molar-refractivity contribution < 1.29 is 9.53 Å². The molecule has 2 heterocycles. The summed E-state index contributed by atoms with van der Waals surface area (Å²) in [6.07, 6.45) is 11.7. The van der Waals surface area contributed by atoms with Crippen LogP contribution in [-0.4, -0.2) is 28.3 Å². The number of carbonyl (C=O) groups is 1. The maximum Gasteiger partial charge on any atom is 0.220 e. The molecule has 1 amide bonds. The van der Waals surface area contributed by atoms with Crippen LogP contribution in [0, 0.1) is 5.92 Å². The summed E-state index contributed by atoms with van der Waals surface area (Å²) in [5.41, 5.74) is 1.04. The summed E-state index contributed by atoms with van der Waals surface area (Å²) in [4.78, 5) is 12.1. The molecule has 0 unspecified atom stereocenters. The number of aryl methyl sites for hydroxylation is 1. The van der Waals surface area contributed by atoms with E-state index in [1.165, 1.54) is 0 Å². The van der Waals surface area contributed by atoms with Gasteiger partial charge >= 0.3 is 0 Å². The second kappa shape index (κ2) is 5.79. The number of ether oxygens (including phenoxy) is 1. The first kappa shape index (κ1) is 13.4. The fraction of sp³-hybridized carbons (Fsp3) is 0.600. The SMILES string of the molecule is Cn1cc([C@H]2OCC[C@@H]2NC(=O)C[C@@H]2C=CCC2)cn1. The van der Waals surface area contributed by atoms with Crippen LogP contribution in [0.1, 0.15) is 37.4 Å². The second-order valence-corrected chi connectivity index (χ2v) is 5.67. The normalized spacial score (nSPS) is 28.9. The maximum atomic E-state index is 12.1. The highest BCUT2D eigenvalue weighted by Gasteiger charge is 2.32. The minimum absolute atomic E-state index is 0.0632. The van der Waals surface area contributed by atoms with E-state index in [9.17, 15) is 4.79 Å². The van der Waals surface area contributed by atoms with Gasteiger partial charge in [0.2, 0.25) is 5.91 Å². The Hall–Kier alpha value is -1.62. The van der Waals surface area contributed by atoms with Gasteiger partial charge in [-0.15, -0.1) is 0 Å². The Kier molecular flexibility index (Phi) is 3.87. The van der Waals surface area contributed by atoms with E-state index in [0.29, 0.717) is 18.9 Å². The number of hydrogen-bond acceptors (Lipinski definition) is 3. The van der Waals surface area contributed by atoms with E-state index in [1.54, 1.807) is 4.68 Å². The van der Waals surface area contributed by atoms with Gasteiger partial charge in [-0.05, 0) is 25.2 Å². The fourth-order valence-corrected chi connectivity index (χ4v) is 3.02. The lowest BCUT2D eigenvalue weighted by Gasteiger charge is -2.19. The molecule has 2 aliphatic rings. The van der Waals surface area contributed by atoms with Gasteiger partial charge in [-0.3, -0.25) is 9.48 Å². The van der Waals surface area contributed by atoms with Crippen molar-refractivity contribution in [2.24, 2.45) is 13.0 Å². The van der Waals surface area contributed by atoms with Crippen molar-refractivity contribution in [3.8, 4) is 0 Å². The smallest absolute Gasteiger partial charge is 0.220 e. The molecule has 0 saturated carbocycles. The molecule has 1 fully saturated rings. The van der Waals surface area contributed by atoms with Gasteiger partial charge in [0.25, 0.3) is 0 Å². The minimum atomic E-state index is -0.0632. The third-order valence-corrected chi connectivity index (χ3v) is 4.05. The molecular weight excluding hydrogens is 254 g/mol. The molecule has 1 aliphatic carbocycles. The lowest BCUT2D eigenvalue weighted by molar-refractivity contribution is -0.122. The van der Waals surface area contributed by atoms with E-state index in [4.69, 9.17) is 4.74 Å². The van der Waals surface area contributed by atoms with E-state index in [1.807, 2.05) is 19.4 Å². The Labute approximate surface area is 119 Å². The van der Waals surface area contributed by atoms with Crippen molar-refractivity contribution in [1.82, 2.24) is 15.1 Å². The van der Waals surface area contributed by atoms with Gasteiger partial charge in [0.1, 0.15) is 6.10 Å². The van der Waals surface area contributed by atoms with Crippen LogP contribution in [0.4, 0.5) is 0 Å². The molecule has 1 saturated heterocycles. The van der Waals surface area contributed by atoms with Crippen molar-refractivity contribution in [3.63, 3.8) is 0 Å². The standard InChI is InChI=1S/C15H21N3O2/c1-18-10-12(9-16-18)15-13(6-7-20-15)17-14(19)8-11-4-2-3-5-11/h2,4,9-11,13,15H,3,5-8H2,1H3,(H,17,19)/t11-,13+,15-/m1/s1. The summed E-state index contributed by atoms with van der Waals surface area (Å²) in [6, 6.07) is 0.0667. The number of amides is 1. The number of rotatable bonds is 4. The van der Waals surface area contributed by atoms with Crippen molar-refractivity contribution in [2.45, 2.75) is 37.8 Å². The Morgan fingerprint density at radius 2 is 2.45 bits per heavy atom. The molecule has 20 heavy (non-hydrogen) atoms. The van der Waals surface area contributed by atoms with Crippen LogP contribution in [-0.2, 0) is 16.6 Å². The zero-order valence-electron chi connectivity index (χ0n) is 11.8. The minimum Gasteiger partial charge on any atom is -0.371 e. The Balaban J connectivity index is 1.58. The lowest BCUT2D eigenvalue weighted by atomic mass is 10.0. The van der Waals surface area contributed by atoms with Gasteiger partial charge in [-0.1, -0.05) is 12.2 Å². The van der Waals surface area contributed by atoms with Gasteiger partial charge in [0.15, 0.2) is 0 Å². The summed E-state index contributed by atoms with van der Waals surface area (Å²) >= 11 is 0. The highest BCUT2D eigenvalue weighted by molar-refractivity contribution is 5.77. The predicted octanol–water partition coefficient (Wildman–Crippen LogP) is 1.72. The van der Waals surface area contributed by atoms with Crippen LogP contribution in [0.3, 0.4) is 0 Å². The summed E-state index contributed by atoms with van der Waals surface area (Å²) in [6.45, 7) is 0.688. The third kappa shape index (κ3) is 2.93.